The highest BCUT2D eigenvalue weighted by atomic mass is 16.4. The van der Waals surface area contributed by atoms with Crippen LogP contribution in [0, 0.1) is 5.92 Å². The molecule has 0 aliphatic heterocycles. The van der Waals surface area contributed by atoms with Gasteiger partial charge in [-0.3, -0.25) is 9.59 Å². The zero-order chi connectivity index (χ0) is 14.8. The van der Waals surface area contributed by atoms with Crippen LogP contribution in [0.4, 0.5) is 0 Å². The third kappa shape index (κ3) is 3.21. The van der Waals surface area contributed by atoms with Crippen LogP contribution in [-0.4, -0.2) is 44.5 Å². The Kier molecular flexibility index (Phi) is 3.60. The molecule has 0 saturated heterocycles. The number of carbonyl (C=O) groups is 2. The molecule has 6 heteroatoms. The fourth-order valence-corrected chi connectivity index (χ4v) is 2.41. The number of carboxylic acid groups (broad SMARTS) is 1. The monoisotopic (exact) mass is 287 g/mol. The maximum Gasteiger partial charge on any atom is 0.323 e. The Morgan fingerprint density at radius 3 is 2.81 bits per heavy atom. The first-order chi connectivity index (χ1) is 10.1. The Bertz CT molecular complexity index is 676. The number of carboxylic acids is 1. The first-order valence-electron chi connectivity index (χ1n) is 7.03. The zero-order valence-electron chi connectivity index (χ0n) is 11.6. The topological polar surface area (TPSA) is 75.4 Å². The van der Waals surface area contributed by atoms with Crippen LogP contribution < -0.4 is 0 Å². The fourth-order valence-electron chi connectivity index (χ4n) is 2.41. The smallest absolute Gasteiger partial charge is 0.323 e. The van der Waals surface area contributed by atoms with Gasteiger partial charge in [0.15, 0.2) is 0 Å². The Labute approximate surface area is 122 Å². The van der Waals surface area contributed by atoms with Crippen molar-refractivity contribution in [3.05, 3.63) is 30.6 Å². The highest BCUT2D eigenvalue weighted by Gasteiger charge is 2.28. The summed E-state index contributed by atoms with van der Waals surface area (Å²) in [6.45, 7) is 0.431. The minimum atomic E-state index is -0.973. The first kappa shape index (κ1) is 13.6. The summed E-state index contributed by atoms with van der Waals surface area (Å²) in [5.74, 6) is -0.681. The molecular weight excluding hydrogens is 270 g/mol. The van der Waals surface area contributed by atoms with Gasteiger partial charge in [-0.05, 0) is 30.9 Å². The number of aromatic nitrogens is 2. The van der Waals surface area contributed by atoms with Crippen LogP contribution in [0.3, 0.4) is 0 Å². The Balaban J connectivity index is 1.74. The molecule has 1 aliphatic rings. The highest BCUT2D eigenvalue weighted by Crippen LogP contribution is 2.29. The highest BCUT2D eigenvalue weighted by molar-refractivity contribution is 5.83. The minimum Gasteiger partial charge on any atom is -0.480 e. The average Bonchev–Trinajstić information content (AvgIpc) is 3.18. The molecular formula is C15H17N3O3. The standard InChI is InChI=1S/C15H17N3O3/c19-14(17(9-15(20)21)7-11-5-6-11)8-18-10-16-12-3-1-2-4-13(12)18/h1-4,10-11H,5-9H2,(H,20,21). The van der Waals surface area contributed by atoms with Crippen molar-refractivity contribution >= 4 is 22.9 Å². The number of hydrogen-bond acceptors (Lipinski definition) is 3. The number of nitrogens with zero attached hydrogens (tertiary/aromatic N) is 3. The lowest BCUT2D eigenvalue weighted by molar-refractivity contribution is -0.144. The number of fused-ring (bicyclic) bond motifs is 1. The van der Waals surface area contributed by atoms with E-state index in [0.29, 0.717) is 12.5 Å². The molecule has 1 aromatic carbocycles. The second kappa shape index (κ2) is 5.55. The first-order valence-corrected chi connectivity index (χ1v) is 7.03. The van der Waals surface area contributed by atoms with E-state index in [2.05, 4.69) is 4.98 Å². The van der Waals surface area contributed by atoms with Gasteiger partial charge in [-0.15, -0.1) is 0 Å². The molecule has 21 heavy (non-hydrogen) atoms. The summed E-state index contributed by atoms with van der Waals surface area (Å²) >= 11 is 0. The number of para-hydroxylation sites is 2. The molecule has 1 heterocycles. The van der Waals surface area contributed by atoms with Crippen LogP contribution >= 0.6 is 0 Å². The molecule has 1 aromatic heterocycles. The normalized spacial score (nSPS) is 14.3. The molecule has 1 N–H and O–H groups in total. The lowest BCUT2D eigenvalue weighted by Gasteiger charge is -2.20. The third-order valence-corrected chi connectivity index (χ3v) is 3.69. The van der Waals surface area contributed by atoms with E-state index in [4.69, 9.17) is 5.11 Å². The van der Waals surface area contributed by atoms with E-state index in [1.165, 1.54) is 4.90 Å². The third-order valence-electron chi connectivity index (χ3n) is 3.69. The van der Waals surface area contributed by atoms with E-state index in [1.807, 2.05) is 24.3 Å². The molecule has 0 unspecified atom stereocenters. The van der Waals surface area contributed by atoms with Crippen molar-refractivity contribution < 1.29 is 14.7 Å². The van der Waals surface area contributed by atoms with Gasteiger partial charge in [0.2, 0.25) is 5.91 Å². The van der Waals surface area contributed by atoms with Crippen molar-refractivity contribution in [1.29, 1.82) is 0 Å². The molecule has 0 radical (unpaired) electrons. The van der Waals surface area contributed by atoms with E-state index >= 15 is 0 Å². The van der Waals surface area contributed by atoms with Crippen molar-refractivity contribution in [2.45, 2.75) is 19.4 Å². The molecule has 1 saturated carbocycles. The predicted octanol–water partition coefficient (Wildman–Crippen LogP) is 1.36. The Morgan fingerprint density at radius 1 is 1.33 bits per heavy atom. The van der Waals surface area contributed by atoms with Gasteiger partial charge in [0, 0.05) is 6.54 Å². The maximum absolute atomic E-state index is 12.4. The van der Waals surface area contributed by atoms with Crippen molar-refractivity contribution in [2.24, 2.45) is 5.92 Å². The van der Waals surface area contributed by atoms with E-state index in [-0.39, 0.29) is 19.0 Å². The maximum atomic E-state index is 12.4. The second-order valence-electron chi connectivity index (χ2n) is 5.47. The summed E-state index contributed by atoms with van der Waals surface area (Å²) < 4.78 is 1.76. The number of hydrogen-bond donors (Lipinski definition) is 1. The van der Waals surface area contributed by atoms with E-state index in [0.717, 1.165) is 23.9 Å². The molecule has 0 atom stereocenters. The molecule has 2 aromatic rings. The summed E-state index contributed by atoms with van der Waals surface area (Å²) in [4.78, 5) is 29.0. The predicted molar refractivity (Wildman–Crippen MR) is 76.7 cm³/mol. The largest absolute Gasteiger partial charge is 0.480 e. The Morgan fingerprint density at radius 2 is 2.10 bits per heavy atom. The van der Waals surface area contributed by atoms with Crippen molar-refractivity contribution in [3.63, 3.8) is 0 Å². The SMILES string of the molecule is O=C(O)CN(CC1CC1)C(=O)Cn1cnc2ccccc21. The lowest BCUT2D eigenvalue weighted by atomic mass is 10.3. The summed E-state index contributed by atoms with van der Waals surface area (Å²) in [6.07, 6.45) is 3.79. The van der Waals surface area contributed by atoms with Crippen LogP contribution in [0.1, 0.15) is 12.8 Å². The molecule has 6 nitrogen and oxygen atoms in total. The molecule has 110 valence electrons. The van der Waals surface area contributed by atoms with E-state index < -0.39 is 5.97 Å². The number of carbonyl (C=O) groups excluding carboxylic acids is 1. The van der Waals surface area contributed by atoms with Crippen LogP contribution in [0.2, 0.25) is 0 Å². The minimum absolute atomic E-state index is 0.126. The van der Waals surface area contributed by atoms with Gasteiger partial charge in [-0.25, -0.2) is 4.98 Å². The summed E-state index contributed by atoms with van der Waals surface area (Å²) in [5.41, 5.74) is 1.71. The van der Waals surface area contributed by atoms with E-state index in [9.17, 15) is 9.59 Å². The van der Waals surface area contributed by atoms with Gasteiger partial charge in [0.05, 0.1) is 17.4 Å². The lowest BCUT2D eigenvalue weighted by Crippen LogP contribution is -2.39. The quantitative estimate of drug-likeness (QED) is 0.870. The van der Waals surface area contributed by atoms with Crippen molar-refractivity contribution in [3.8, 4) is 0 Å². The van der Waals surface area contributed by atoms with Gasteiger partial charge in [-0.2, -0.15) is 0 Å². The van der Waals surface area contributed by atoms with Gasteiger partial charge < -0.3 is 14.6 Å². The van der Waals surface area contributed by atoms with Crippen LogP contribution in [0.5, 0.6) is 0 Å². The van der Waals surface area contributed by atoms with Crippen molar-refractivity contribution in [1.82, 2.24) is 14.5 Å². The van der Waals surface area contributed by atoms with Crippen LogP contribution in [-0.2, 0) is 16.1 Å². The number of rotatable bonds is 6. The van der Waals surface area contributed by atoms with Gasteiger partial charge in [0.25, 0.3) is 0 Å². The summed E-state index contributed by atoms with van der Waals surface area (Å²) in [7, 11) is 0. The number of benzene rings is 1. The molecule has 1 amide bonds. The molecule has 1 aliphatic carbocycles. The summed E-state index contributed by atoms with van der Waals surface area (Å²) in [5, 5.41) is 8.95. The number of aliphatic carboxylic acids is 1. The second-order valence-corrected chi connectivity index (χ2v) is 5.47. The van der Waals surface area contributed by atoms with Crippen LogP contribution in [0.15, 0.2) is 30.6 Å². The molecule has 3 rings (SSSR count). The molecule has 1 fully saturated rings. The fraction of sp³-hybridized carbons (Fsp3) is 0.400. The van der Waals surface area contributed by atoms with Crippen molar-refractivity contribution in [2.75, 3.05) is 13.1 Å². The van der Waals surface area contributed by atoms with Gasteiger partial charge in [0.1, 0.15) is 13.1 Å². The number of amides is 1. The zero-order valence-corrected chi connectivity index (χ0v) is 11.6. The van der Waals surface area contributed by atoms with E-state index in [1.54, 1.807) is 10.9 Å². The molecule has 0 spiro atoms. The average molecular weight is 287 g/mol. The number of imidazole rings is 1. The molecule has 0 bridgehead atoms. The van der Waals surface area contributed by atoms with Gasteiger partial charge in [-0.1, -0.05) is 12.1 Å². The summed E-state index contributed by atoms with van der Waals surface area (Å²) in [6, 6.07) is 7.57. The van der Waals surface area contributed by atoms with Gasteiger partial charge >= 0.3 is 5.97 Å². The Hall–Kier alpha value is -2.37. The van der Waals surface area contributed by atoms with Crippen LogP contribution in [0.25, 0.3) is 11.0 Å².